The smallest absolute Gasteiger partial charge is 0.358 e. The quantitative estimate of drug-likeness (QED) is 0.271. The second kappa shape index (κ2) is 12.9. The van der Waals surface area contributed by atoms with Crippen LogP contribution in [0.4, 0.5) is 0 Å². The van der Waals surface area contributed by atoms with Crippen molar-refractivity contribution in [3.63, 3.8) is 0 Å². The van der Waals surface area contributed by atoms with E-state index in [1.807, 2.05) is 5.66 Å². The summed E-state index contributed by atoms with van der Waals surface area (Å²) in [6.07, 6.45) is 7.16. The standard InChI is InChI=1S/C16H33P2.2CH3.Ti/c1-7-16(8-2)10-14(17-12(3)4)9-15(11-16)18-13(5)6;;;/h12-14,17-18H,7-11H2,1-6H3;2*1H3;/q3*-1;+3. The first kappa shape index (κ1) is 27.4. The first-order chi connectivity index (χ1) is 8.40. The SMILES string of the molecule is CCC1(CC)C[C-](PC(C)C)CC(PC(C)C)C1.[CH3-].[CH3-].[Ti+3]. The number of hydrogen-bond acceptors (Lipinski definition) is 0. The van der Waals surface area contributed by atoms with Crippen LogP contribution in [0.25, 0.3) is 0 Å². The van der Waals surface area contributed by atoms with Crippen molar-refractivity contribution >= 4 is 17.2 Å². The molecule has 3 unspecified atom stereocenters. The molecule has 0 aromatic heterocycles. The molecule has 1 aliphatic carbocycles. The molecule has 0 N–H and O–H groups in total. The molecular formula is C18H39P2Ti. The molecular weight excluding hydrogens is 326 g/mol. The summed E-state index contributed by atoms with van der Waals surface area (Å²) in [4.78, 5) is 0. The van der Waals surface area contributed by atoms with Gasteiger partial charge in [-0.25, -0.2) is 0 Å². The molecule has 1 rings (SSSR count). The molecule has 21 heavy (non-hydrogen) atoms. The molecule has 1 saturated carbocycles. The molecule has 125 valence electrons. The summed E-state index contributed by atoms with van der Waals surface area (Å²) < 4.78 is 0. The zero-order valence-electron chi connectivity index (χ0n) is 15.8. The molecule has 0 saturated heterocycles. The van der Waals surface area contributed by atoms with Crippen LogP contribution in [0.5, 0.6) is 0 Å². The fourth-order valence-electron chi connectivity index (χ4n) is 3.39. The van der Waals surface area contributed by atoms with Gasteiger partial charge in [0.15, 0.2) is 0 Å². The second-order valence-corrected chi connectivity index (χ2v) is 11.2. The molecule has 1 fully saturated rings. The van der Waals surface area contributed by atoms with Crippen molar-refractivity contribution in [1.82, 2.24) is 0 Å². The maximum atomic E-state index is 2.42. The van der Waals surface area contributed by atoms with Crippen LogP contribution < -0.4 is 0 Å². The Morgan fingerprint density at radius 3 is 1.95 bits per heavy atom. The Balaban J connectivity index is -0.00000108. The Bertz CT molecular complexity index is 217. The second-order valence-electron chi connectivity index (χ2n) is 6.71. The predicted molar refractivity (Wildman–Crippen MR) is 104 cm³/mol. The first-order valence-electron chi connectivity index (χ1n) is 7.78. The van der Waals surface area contributed by atoms with E-state index >= 15 is 0 Å². The van der Waals surface area contributed by atoms with Crippen LogP contribution in [0.2, 0.25) is 0 Å². The van der Waals surface area contributed by atoms with Crippen LogP contribution >= 0.6 is 17.2 Å². The van der Waals surface area contributed by atoms with E-state index in [1.165, 1.54) is 40.7 Å². The van der Waals surface area contributed by atoms with Gasteiger partial charge in [-0.2, -0.15) is 12.8 Å². The minimum Gasteiger partial charge on any atom is -0.358 e. The van der Waals surface area contributed by atoms with Crippen LogP contribution in [-0.2, 0) is 21.7 Å². The van der Waals surface area contributed by atoms with Crippen molar-refractivity contribution in [3.05, 3.63) is 20.5 Å². The monoisotopic (exact) mass is 365 g/mol. The molecule has 0 nitrogen and oxygen atoms in total. The Morgan fingerprint density at radius 1 is 1.05 bits per heavy atom. The van der Waals surface area contributed by atoms with Gasteiger partial charge < -0.3 is 14.9 Å². The van der Waals surface area contributed by atoms with E-state index < -0.39 is 0 Å². The van der Waals surface area contributed by atoms with E-state index in [-0.39, 0.29) is 36.6 Å². The fraction of sp³-hybridized carbons (Fsp3) is 0.833. The summed E-state index contributed by atoms with van der Waals surface area (Å²) in [5.74, 6) is 0. The normalized spacial score (nSPS) is 22.6. The maximum absolute atomic E-state index is 2.42. The zero-order chi connectivity index (χ0) is 13.8. The van der Waals surface area contributed by atoms with E-state index in [0.29, 0.717) is 5.41 Å². The van der Waals surface area contributed by atoms with Gasteiger partial charge in [-0.05, 0) is 17.7 Å². The third-order valence-corrected chi connectivity index (χ3v) is 7.24. The third-order valence-electron chi connectivity index (χ3n) is 4.32. The summed E-state index contributed by atoms with van der Waals surface area (Å²) in [5, 5.41) is 0. The van der Waals surface area contributed by atoms with Gasteiger partial charge in [-0.1, -0.05) is 65.5 Å². The van der Waals surface area contributed by atoms with Gasteiger partial charge in [-0.3, -0.25) is 14.2 Å². The summed E-state index contributed by atoms with van der Waals surface area (Å²) in [6, 6.07) is 0. The Labute approximate surface area is 155 Å². The van der Waals surface area contributed by atoms with Gasteiger partial charge in [0.2, 0.25) is 0 Å². The van der Waals surface area contributed by atoms with Crippen molar-refractivity contribution in [2.24, 2.45) is 5.41 Å². The minimum atomic E-state index is 0. The Kier molecular flexibility index (Phi) is 16.9. The Morgan fingerprint density at radius 2 is 1.57 bits per heavy atom. The molecule has 0 aromatic carbocycles. The summed E-state index contributed by atoms with van der Waals surface area (Å²) >= 11 is 0. The molecule has 0 aliphatic heterocycles. The maximum Gasteiger partial charge on any atom is 3.00 e. The van der Waals surface area contributed by atoms with Crippen LogP contribution in [0.15, 0.2) is 0 Å². The van der Waals surface area contributed by atoms with Crippen LogP contribution in [-0.4, -0.2) is 17.0 Å². The van der Waals surface area contributed by atoms with Gasteiger partial charge in [0.25, 0.3) is 0 Å². The summed E-state index contributed by atoms with van der Waals surface area (Å²) in [6.45, 7) is 14.4. The summed E-state index contributed by atoms with van der Waals surface area (Å²) in [7, 11) is 2.29. The molecule has 0 bridgehead atoms. The van der Waals surface area contributed by atoms with Crippen LogP contribution in [0.3, 0.4) is 0 Å². The molecule has 0 amide bonds. The van der Waals surface area contributed by atoms with E-state index in [9.17, 15) is 0 Å². The van der Waals surface area contributed by atoms with Crippen LogP contribution in [0, 0.1) is 25.9 Å². The average molecular weight is 365 g/mol. The third kappa shape index (κ3) is 9.45. The van der Waals surface area contributed by atoms with E-state index in [2.05, 4.69) is 41.5 Å². The molecule has 0 spiro atoms. The molecule has 0 heterocycles. The number of rotatable bonds is 6. The van der Waals surface area contributed by atoms with Crippen LogP contribution in [0.1, 0.15) is 73.6 Å². The number of hydrogen-bond donors (Lipinski definition) is 0. The minimum absolute atomic E-state index is 0. The topological polar surface area (TPSA) is 0 Å². The van der Waals surface area contributed by atoms with Crippen molar-refractivity contribution in [3.8, 4) is 0 Å². The fourth-order valence-corrected chi connectivity index (χ4v) is 7.11. The van der Waals surface area contributed by atoms with Crippen molar-refractivity contribution in [1.29, 1.82) is 0 Å². The van der Waals surface area contributed by atoms with Gasteiger partial charge >= 0.3 is 21.7 Å². The largest absolute Gasteiger partial charge is 3.00 e. The van der Waals surface area contributed by atoms with Crippen molar-refractivity contribution < 1.29 is 21.7 Å². The summed E-state index contributed by atoms with van der Waals surface area (Å²) in [5.41, 5.74) is 5.33. The van der Waals surface area contributed by atoms with E-state index in [1.54, 1.807) is 0 Å². The van der Waals surface area contributed by atoms with Gasteiger partial charge in [-0.15, -0.1) is 8.58 Å². The average Bonchev–Trinajstić information content (AvgIpc) is 2.26. The van der Waals surface area contributed by atoms with Gasteiger partial charge in [0.1, 0.15) is 0 Å². The molecule has 0 aromatic rings. The van der Waals surface area contributed by atoms with E-state index in [0.717, 1.165) is 25.6 Å². The Hall–Kier alpha value is 1.57. The zero-order valence-corrected chi connectivity index (χ0v) is 19.3. The molecule has 1 radical (unpaired) electrons. The predicted octanol–water partition coefficient (Wildman–Crippen LogP) is 6.95. The first-order valence-corrected chi connectivity index (χ1v) is 10.0. The van der Waals surface area contributed by atoms with Gasteiger partial charge in [0, 0.05) is 0 Å². The van der Waals surface area contributed by atoms with Crippen molar-refractivity contribution in [2.75, 3.05) is 0 Å². The molecule has 1 aliphatic rings. The van der Waals surface area contributed by atoms with Crippen molar-refractivity contribution in [2.45, 2.75) is 90.6 Å². The molecule has 3 atom stereocenters. The van der Waals surface area contributed by atoms with E-state index in [4.69, 9.17) is 0 Å². The van der Waals surface area contributed by atoms with Gasteiger partial charge in [0.05, 0.1) is 0 Å². The molecule has 3 heteroatoms.